The van der Waals surface area contributed by atoms with Crippen molar-refractivity contribution in [3.05, 3.63) is 65.1 Å². The summed E-state index contributed by atoms with van der Waals surface area (Å²) in [5, 5.41) is 3.63. The van der Waals surface area contributed by atoms with Crippen molar-refractivity contribution in [1.82, 2.24) is 9.88 Å². The van der Waals surface area contributed by atoms with Crippen LogP contribution in [0.2, 0.25) is 5.02 Å². The van der Waals surface area contributed by atoms with Crippen LogP contribution in [-0.4, -0.2) is 48.5 Å². The zero-order valence-electron chi connectivity index (χ0n) is 18.6. The molecule has 0 radical (unpaired) electrons. The SMILES string of the molecule is CCN1CCN(c2ccc(NC(=O)CCc3ncc(-c4ccccc4Cl)o3)c(C)c2)CC1. The van der Waals surface area contributed by atoms with Crippen LogP contribution in [-0.2, 0) is 11.2 Å². The monoisotopic (exact) mass is 452 g/mol. The van der Waals surface area contributed by atoms with Crippen LogP contribution in [0.4, 0.5) is 11.4 Å². The number of carbonyl (C=O) groups excluding carboxylic acids is 1. The molecule has 4 rings (SSSR count). The third-order valence-corrected chi connectivity index (χ3v) is 6.26. The van der Waals surface area contributed by atoms with E-state index in [4.69, 9.17) is 16.0 Å². The van der Waals surface area contributed by atoms with Gasteiger partial charge in [0.15, 0.2) is 11.7 Å². The number of nitrogens with zero attached hydrogens (tertiary/aromatic N) is 3. The quantitative estimate of drug-likeness (QED) is 0.545. The number of aromatic nitrogens is 1. The van der Waals surface area contributed by atoms with Crippen molar-refractivity contribution in [2.75, 3.05) is 42.9 Å². The van der Waals surface area contributed by atoms with E-state index >= 15 is 0 Å². The number of hydrogen-bond donors (Lipinski definition) is 1. The van der Waals surface area contributed by atoms with E-state index in [9.17, 15) is 4.79 Å². The fourth-order valence-corrected chi connectivity index (χ4v) is 4.18. The van der Waals surface area contributed by atoms with Crippen molar-refractivity contribution in [3.8, 4) is 11.3 Å². The standard InChI is InChI=1S/C25H29ClN4O2/c1-3-29-12-14-30(15-13-29)19-8-9-22(18(2)16-19)28-24(31)10-11-25-27-17-23(32-25)20-6-4-5-7-21(20)26/h4-9,16-17H,3,10-15H2,1-2H3,(H,28,31). The van der Waals surface area contributed by atoms with Gasteiger partial charge in [-0.25, -0.2) is 4.98 Å². The van der Waals surface area contributed by atoms with Crippen molar-refractivity contribution in [2.24, 2.45) is 0 Å². The zero-order chi connectivity index (χ0) is 22.5. The fraction of sp³-hybridized carbons (Fsp3) is 0.360. The molecule has 1 saturated heterocycles. The van der Waals surface area contributed by atoms with E-state index in [-0.39, 0.29) is 5.91 Å². The molecule has 0 atom stereocenters. The normalized spacial score (nSPS) is 14.5. The molecule has 0 aliphatic carbocycles. The Morgan fingerprint density at radius 3 is 2.66 bits per heavy atom. The summed E-state index contributed by atoms with van der Waals surface area (Å²) in [5.74, 6) is 1.07. The Kier molecular flexibility index (Phi) is 7.12. The van der Waals surface area contributed by atoms with E-state index in [1.807, 2.05) is 37.3 Å². The largest absolute Gasteiger partial charge is 0.441 e. The number of amides is 1. The Hall–Kier alpha value is -2.83. The van der Waals surface area contributed by atoms with Crippen LogP contribution in [0.25, 0.3) is 11.3 Å². The van der Waals surface area contributed by atoms with Crippen LogP contribution in [0, 0.1) is 6.92 Å². The minimum Gasteiger partial charge on any atom is -0.441 e. The van der Waals surface area contributed by atoms with Gasteiger partial charge in [0, 0.05) is 56.0 Å². The van der Waals surface area contributed by atoms with Gasteiger partial charge in [0.25, 0.3) is 0 Å². The number of carbonyl (C=O) groups is 1. The van der Waals surface area contributed by atoms with Gasteiger partial charge in [0.05, 0.1) is 11.2 Å². The number of rotatable bonds is 7. The van der Waals surface area contributed by atoms with Gasteiger partial charge in [0.2, 0.25) is 5.91 Å². The predicted octanol–water partition coefficient (Wildman–Crippen LogP) is 5.02. The summed E-state index contributed by atoms with van der Waals surface area (Å²) in [6, 6.07) is 13.7. The molecular formula is C25H29ClN4O2. The van der Waals surface area contributed by atoms with Crippen LogP contribution >= 0.6 is 11.6 Å². The molecular weight excluding hydrogens is 424 g/mol. The molecule has 1 aliphatic rings. The van der Waals surface area contributed by atoms with Crippen LogP contribution in [0.3, 0.4) is 0 Å². The molecule has 0 spiro atoms. The molecule has 0 unspecified atom stereocenters. The first kappa shape index (κ1) is 22.4. The van der Waals surface area contributed by atoms with Crippen LogP contribution < -0.4 is 10.2 Å². The molecule has 1 aliphatic heterocycles. The van der Waals surface area contributed by atoms with Gasteiger partial charge in [-0.05, 0) is 49.4 Å². The first-order valence-corrected chi connectivity index (χ1v) is 11.5. The third kappa shape index (κ3) is 5.31. The lowest BCUT2D eigenvalue weighted by atomic mass is 10.1. The maximum atomic E-state index is 12.5. The molecule has 7 heteroatoms. The fourth-order valence-electron chi connectivity index (χ4n) is 3.95. The first-order valence-electron chi connectivity index (χ1n) is 11.1. The highest BCUT2D eigenvalue weighted by Crippen LogP contribution is 2.28. The molecule has 32 heavy (non-hydrogen) atoms. The third-order valence-electron chi connectivity index (χ3n) is 5.93. The van der Waals surface area contributed by atoms with Gasteiger partial charge in [-0.15, -0.1) is 0 Å². The van der Waals surface area contributed by atoms with Crippen LogP contribution in [0.15, 0.2) is 53.1 Å². The molecule has 0 saturated carbocycles. The van der Waals surface area contributed by atoms with E-state index in [1.165, 1.54) is 5.69 Å². The minimum atomic E-state index is -0.0603. The Bertz CT molecular complexity index is 1070. The molecule has 168 valence electrons. The van der Waals surface area contributed by atoms with Gasteiger partial charge in [0.1, 0.15) is 0 Å². The molecule has 0 bridgehead atoms. The molecule has 6 nitrogen and oxygen atoms in total. The lowest BCUT2D eigenvalue weighted by Gasteiger charge is -2.35. The minimum absolute atomic E-state index is 0.0603. The zero-order valence-corrected chi connectivity index (χ0v) is 19.4. The Morgan fingerprint density at radius 1 is 1.16 bits per heavy atom. The van der Waals surface area contributed by atoms with E-state index in [0.29, 0.717) is 29.5 Å². The van der Waals surface area contributed by atoms with Gasteiger partial charge >= 0.3 is 0 Å². The van der Waals surface area contributed by atoms with Gasteiger partial charge in [-0.3, -0.25) is 4.79 Å². The number of piperazine rings is 1. The highest BCUT2D eigenvalue weighted by atomic mass is 35.5. The molecule has 1 amide bonds. The number of aryl methyl sites for hydroxylation is 2. The summed E-state index contributed by atoms with van der Waals surface area (Å²) in [6.07, 6.45) is 2.37. The molecule has 1 fully saturated rings. The van der Waals surface area contributed by atoms with Crippen molar-refractivity contribution in [3.63, 3.8) is 0 Å². The predicted molar refractivity (Wildman–Crippen MR) is 129 cm³/mol. The average Bonchev–Trinajstić information content (AvgIpc) is 3.28. The summed E-state index contributed by atoms with van der Waals surface area (Å²) in [6.45, 7) is 9.59. The lowest BCUT2D eigenvalue weighted by Crippen LogP contribution is -2.46. The molecule has 3 aromatic rings. The van der Waals surface area contributed by atoms with E-state index < -0.39 is 0 Å². The average molecular weight is 453 g/mol. The first-order chi connectivity index (χ1) is 15.5. The molecule has 2 heterocycles. The number of hydrogen-bond acceptors (Lipinski definition) is 5. The van der Waals surface area contributed by atoms with Crippen molar-refractivity contribution < 1.29 is 9.21 Å². The molecule has 1 aromatic heterocycles. The van der Waals surface area contributed by atoms with Crippen LogP contribution in [0.5, 0.6) is 0 Å². The number of likely N-dealkylation sites (N-methyl/N-ethyl adjacent to an activating group) is 1. The summed E-state index contributed by atoms with van der Waals surface area (Å²) < 4.78 is 5.79. The lowest BCUT2D eigenvalue weighted by molar-refractivity contribution is -0.116. The number of oxazole rings is 1. The number of halogens is 1. The van der Waals surface area contributed by atoms with Crippen molar-refractivity contribution in [1.29, 1.82) is 0 Å². The maximum Gasteiger partial charge on any atom is 0.224 e. The Labute approximate surface area is 194 Å². The highest BCUT2D eigenvalue weighted by Gasteiger charge is 2.17. The summed E-state index contributed by atoms with van der Waals surface area (Å²) in [5.41, 5.74) is 3.91. The number of benzene rings is 2. The van der Waals surface area contributed by atoms with Crippen molar-refractivity contribution >= 4 is 28.9 Å². The summed E-state index contributed by atoms with van der Waals surface area (Å²) >= 11 is 6.22. The second-order valence-corrected chi connectivity index (χ2v) is 8.47. The topological polar surface area (TPSA) is 61.6 Å². The Morgan fingerprint density at radius 2 is 1.94 bits per heavy atom. The van der Waals surface area contributed by atoms with Gasteiger partial charge in [-0.2, -0.15) is 0 Å². The van der Waals surface area contributed by atoms with Gasteiger partial charge < -0.3 is 19.5 Å². The van der Waals surface area contributed by atoms with E-state index in [1.54, 1.807) is 6.20 Å². The molecule has 1 N–H and O–H groups in total. The second kappa shape index (κ2) is 10.2. The second-order valence-electron chi connectivity index (χ2n) is 8.07. The highest BCUT2D eigenvalue weighted by molar-refractivity contribution is 6.33. The van der Waals surface area contributed by atoms with Gasteiger partial charge in [-0.1, -0.05) is 30.7 Å². The number of nitrogens with one attached hydrogen (secondary N) is 1. The van der Waals surface area contributed by atoms with Crippen LogP contribution in [0.1, 0.15) is 24.8 Å². The van der Waals surface area contributed by atoms with E-state index in [0.717, 1.165) is 49.5 Å². The number of anilines is 2. The molecule has 2 aromatic carbocycles. The van der Waals surface area contributed by atoms with Crippen molar-refractivity contribution in [2.45, 2.75) is 26.7 Å². The maximum absolute atomic E-state index is 12.5. The Balaban J connectivity index is 1.31. The van der Waals surface area contributed by atoms with E-state index in [2.05, 4.69) is 39.2 Å². The smallest absolute Gasteiger partial charge is 0.224 e. The summed E-state index contributed by atoms with van der Waals surface area (Å²) in [7, 11) is 0. The summed E-state index contributed by atoms with van der Waals surface area (Å²) in [4.78, 5) is 21.7.